The van der Waals surface area contributed by atoms with Crippen LogP contribution in [-0.2, 0) is 0 Å². The zero-order chi connectivity index (χ0) is 12.4. The van der Waals surface area contributed by atoms with E-state index in [0.717, 1.165) is 19.4 Å². The number of hydrogen-bond acceptors (Lipinski definition) is 2. The van der Waals surface area contributed by atoms with Gasteiger partial charge in [0.25, 0.3) is 5.91 Å². The minimum Gasteiger partial charge on any atom is -0.335 e. The number of amides is 1. The summed E-state index contributed by atoms with van der Waals surface area (Å²) in [7, 11) is 0. The Morgan fingerprint density at radius 2 is 2.18 bits per heavy atom. The number of H-pyrrole nitrogens is 1. The smallest absolute Gasteiger partial charge is 0.270 e. The Bertz CT molecular complexity index is 466. The zero-order valence-electron chi connectivity index (χ0n) is 10.3. The van der Waals surface area contributed by atoms with E-state index in [-0.39, 0.29) is 17.5 Å². The first-order valence-corrected chi connectivity index (χ1v) is 6.08. The number of aromatic nitrogens is 1. The summed E-state index contributed by atoms with van der Waals surface area (Å²) in [6.45, 7) is 5.05. The minimum atomic E-state index is -0.228. The van der Waals surface area contributed by atoms with Crippen LogP contribution in [0.1, 0.15) is 37.2 Å². The molecule has 0 saturated carbocycles. The van der Waals surface area contributed by atoms with Gasteiger partial charge in [0.05, 0.1) is 0 Å². The Morgan fingerprint density at radius 3 is 2.82 bits per heavy atom. The Morgan fingerprint density at radius 1 is 1.41 bits per heavy atom. The van der Waals surface area contributed by atoms with Crippen molar-refractivity contribution in [3.8, 4) is 0 Å². The summed E-state index contributed by atoms with van der Waals surface area (Å²) >= 11 is 0. The molecule has 2 heterocycles. The predicted octanol–water partition coefficient (Wildman–Crippen LogP) is 1.64. The lowest BCUT2D eigenvalue weighted by molar-refractivity contribution is 0.0582. The molecular weight excluding hydrogens is 216 g/mol. The van der Waals surface area contributed by atoms with Crippen molar-refractivity contribution < 1.29 is 4.79 Å². The van der Waals surface area contributed by atoms with Gasteiger partial charge >= 0.3 is 0 Å². The van der Waals surface area contributed by atoms with Gasteiger partial charge in [-0.25, -0.2) is 0 Å². The molecule has 4 heteroatoms. The predicted molar refractivity (Wildman–Crippen MR) is 66.0 cm³/mol. The van der Waals surface area contributed by atoms with Crippen LogP contribution in [0.4, 0.5) is 0 Å². The number of carbonyl (C=O) groups is 1. The second-order valence-corrected chi connectivity index (χ2v) is 4.91. The van der Waals surface area contributed by atoms with Crippen LogP contribution in [0.2, 0.25) is 0 Å². The van der Waals surface area contributed by atoms with Gasteiger partial charge in [0.2, 0.25) is 5.56 Å². The molecule has 1 aromatic heterocycles. The maximum absolute atomic E-state index is 12.2. The molecule has 4 nitrogen and oxygen atoms in total. The SMILES string of the molecule is CC1CCN(C(=O)c2cccc(=O)[nH]2)C(C)C1. The molecular formula is C13H18N2O2. The van der Waals surface area contributed by atoms with E-state index in [0.29, 0.717) is 11.6 Å². The van der Waals surface area contributed by atoms with Gasteiger partial charge in [0.15, 0.2) is 0 Å². The number of rotatable bonds is 1. The maximum Gasteiger partial charge on any atom is 0.270 e. The molecule has 1 aromatic rings. The van der Waals surface area contributed by atoms with E-state index >= 15 is 0 Å². The van der Waals surface area contributed by atoms with E-state index in [4.69, 9.17) is 0 Å². The fourth-order valence-corrected chi connectivity index (χ4v) is 2.44. The molecule has 17 heavy (non-hydrogen) atoms. The lowest BCUT2D eigenvalue weighted by Crippen LogP contribution is -2.44. The molecule has 1 amide bonds. The number of pyridine rings is 1. The molecule has 0 radical (unpaired) electrons. The number of nitrogens with zero attached hydrogens (tertiary/aromatic N) is 1. The van der Waals surface area contributed by atoms with Crippen LogP contribution in [0.3, 0.4) is 0 Å². The van der Waals surface area contributed by atoms with Crippen LogP contribution in [0.25, 0.3) is 0 Å². The van der Waals surface area contributed by atoms with Gasteiger partial charge in [-0.3, -0.25) is 9.59 Å². The fraction of sp³-hybridized carbons (Fsp3) is 0.538. The van der Waals surface area contributed by atoms with Crippen LogP contribution in [0.15, 0.2) is 23.0 Å². The largest absolute Gasteiger partial charge is 0.335 e. The summed E-state index contributed by atoms with van der Waals surface area (Å²) in [5, 5.41) is 0. The highest BCUT2D eigenvalue weighted by Gasteiger charge is 2.27. The maximum atomic E-state index is 12.2. The van der Waals surface area contributed by atoms with Crippen molar-refractivity contribution in [1.82, 2.24) is 9.88 Å². The summed E-state index contributed by atoms with van der Waals surface area (Å²) in [5.74, 6) is 0.603. The van der Waals surface area contributed by atoms with Crippen LogP contribution in [0.5, 0.6) is 0 Å². The molecule has 1 aliphatic rings. The normalized spacial score (nSPS) is 24.7. The van der Waals surface area contributed by atoms with Crippen LogP contribution >= 0.6 is 0 Å². The standard InChI is InChI=1S/C13H18N2O2/c1-9-6-7-15(10(2)8-9)13(17)11-4-3-5-12(16)14-11/h3-5,9-10H,6-8H2,1-2H3,(H,14,16). The van der Waals surface area contributed by atoms with Crippen LogP contribution in [0, 0.1) is 5.92 Å². The summed E-state index contributed by atoms with van der Waals surface area (Å²) in [6.07, 6.45) is 2.07. The van der Waals surface area contributed by atoms with Crippen molar-refractivity contribution in [2.75, 3.05) is 6.54 Å². The van der Waals surface area contributed by atoms with Gasteiger partial charge < -0.3 is 9.88 Å². The Balaban J connectivity index is 2.18. The average molecular weight is 234 g/mol. The first-order chi connectivity index (χ1) is 8.08. The molecule has 1 aliphatic heterocycles. The van der Waals surface area contributed by atoms with Crippen molar-refractivity contribution in [2.24, 2.45) is 5.92 Å². The molecule has 1 fully saturated rings. The second-order valence-electron chi connectivity index (χ2n) is 4.91. The highest BCUT2D eigenvalue weighted by atomic mass is 16.2. The molecule has 2 atom stereocenters. The third-order valence-corrected chi connectivity index (χ3v) is 3.40. The van der Waals surface area contributed by atoms with Gasteiger partial charge in [-0.15, -0.1) is 0 Å². The Labute approximate surface area is 101 Å². The zero-order valence-corrected chi connectivity index (χ0v) is 10.3. The molecule has 0 spiro atoms. The van der Waals surface area contributed by atoms with Gasteiger partial charge in [-0.1, -0.05) is 13.0 Å². The molecule has 0 bridgehead atoms. The highest BCUT2D eigenvalue weighted by Crippen LogP contribution is 2.23. The molecule has 1 saturated heterocycles. The van der Waals surface area contributed by atoms with Gasteiger partial charge in [-0.2, -0.15) is 0 Å². The average Bonchev–Trinajstić information content (AvgIpc) is 2.28. The molecule has 1 N–H and O–H groups in total. The van der Waals surface area contributed by atoms with Crippen LogP contribution < -0.4 is 5.56 Å². The number of piperidine rings is 1. The minimum absolute atomic E-state index is 0.0675. The Hall–Kier alpha value is -1.58. The first kappa shape index (κ1) is 11.9. The van der Waals surface area contributed by atoms with Crippen molar-refractivity contribution >= 4 is 5.91 Å². The third-order valence-electron chi connectivity index (χ3n) is 3.40. The van der Waals surface area contributed by atoms with Gasteiger partial charge in [0.1, 0.15) is 5.69 Å². The van der Waals surface area contributed by atoms with Crippen molar-refractivity contribution in [1.29, 1.82) is 0 Å². The summed E-state index contributed by atoms with van der Waals surface area (Å²) in [4.78, 5) is 27.9. The summed E-state index contributed by atoms with van der Waals surface area (Å²) in [5.41, 5.74) is 0.160. The van der Waals surface area contributed by atoms with Crippen molar-refractivity contribution in [2.45, 2.75) is 32.7 Å². The third kappa shape index (κ3) is 2.57. The molecule has 0 aliphatic carbocycles. The topological polar surface area (TPSA) is 53.2 Å². The van der Waals surface area contributed by atoms with E-state index in [2.05, 4.69) is 18.8 Å². The summed E-state index contributed by atoms with van der Waals surface area (Å²) < 4.78 is 0. The van der Waals surface area contributed by atoms with Gasteiger partial charge in [-0.05, 0) is 31.7 Å². The first-order valence-electron chi connectivity index (χ1n) is 6.08. The second kappa shape index (κ2) is 4.73. The Kier molecular flexibility index (Phi) is 3.31. The van der Waals surface area contributed by atoms with Crippen molar-refractivity contribution in [3.63, 3.8) is 0 Å². The lowest BCUT2D eigenvalue weighted by Gasteiger charge is -2.36. The molecule has 92 valence electrons. The molecule has 2 rings (SSSR count). The highest BCUT2D eigenvalue weighted by molar-refractivity contribution is 5.92. The van der Waals surface area contributed by atoms with E-state index in [9.17, 15) is 9.59 Å². The monoisotopic (exact) mass is 234 g/mol. The lowest BCUT2D eigenvalue weighted by atomic mass is 9.93. The number of aromatic amines is 1. The van der Waals surface area contributed by atoms with E-state index in [1.54, 1.807) is 12.1 Å². The van der Waals surface area contributed by atoms with E-state index in [1.807, 2.05) is 4.90 Å². The quantitative estimate of drug-likeness (QED) is 0.803. The van der Waals surface area contributed by atoms with Gasteiger partial charge in [0, 0.05) is 18.7 Å². The van der Waals surface area contributed by atoms with Crippen LogP contribution in [-0.4, -0.2) is 28.4 Å². The summed E-state index contributed by atoms with van der Waals surface area (Å²) in [6, 6.07) is 4.94. The molecule has 2 unspecified atom stereocenters. The number of carbonyl (C=O) groups excluding carboxylic acids is 1. The number of hydrogen-bond donors (Lipinski definition) is 1. The molecule has 0 aromatic carbocycles. The van der Waals surface area contributed by atoms with E-state index in [1.165, 1.54) is 6.07 Å². The fourth-order valence-electron chi connectivity index (χ4n) is 2.44. The number of nitrogens with one attached hydrogen (secondary N) is 1. The number of likely N-dealkylation sites (tertiary alicyclic amines) is 1. The van der Waals surface area contributed by atoms with E-state index < -0.39 is 0 Å². The van der Waals surface area contributed by atoms with Crippen molar-refractivity contribution in [3.05, 3.63) is 34.2 Å².